The van der Waals surface area contributed by atoms with E-state index in [0.717, 1.165) is 45.3 Å². The number of nitrogens with zero attached hydrogens (tertiary/aromatic N) is 3. The Bertz CT molecular complexity index is 1230. The van der Waals surface area contributed by atoms with E-state index in [-0.39, 0.29) is 24.6 Å². The molecule has 5 nitrogen and oxygen atoms in total. The molecule has 4 aromatic rings. The van der Waals surface area contributed by atoms with Crippen molar-refractivity contribution < 1.29 is 4.39 Å². The summed E-state index contributed by atoms with van der Waals surface area (Å²) in [6, 6.07) is 15.6. The second-order valence-electron chi connectivity index (χ2n) is 7.37. The molecule has 0 aliphatic heterocycles. The monoisotopic (exact) mass is 428 g/mol. The number of aromatic nitrogens is 3. The zero-order valence-electron chi connectivity index (χ0n) is 17.0. The summed E-state index contributed by atoms with van der Waals surface area (Å²) in [6.45, 7) is 3.09. The molecule has 0 aliphatic carbocycles. The number of imidazole rings is 1. The predicted octanol–water partition coefficient (Wildman–Crippen LogP) is 4.34. The molecule has 0 fully saturated rings. The Morgan fingerprint density at radius 3 is 2.60 bits per heavy atom. The van der Waals surface area contributed by atoms with E-state index >= 15 is 0 Å². The molecule has 0 unspecified atom stereocenters. The average molecular weight is 429 g/mol. The number of hydrogen-bond donors (Lipinski definition) is 1. The molecule has 0 saturated heterocycles. The molecular weight excluding hydrogens is 403 g/mol. The van der Waals surface area contributed by atoms with Crippen molar-refractivity contribution in [2.24, 2.45) is 5.73 Å². The zero-order chi connectivity index (χ0) is 20.4. The lowest BCUT2D eigenvalue weighted by molar-refractivity contribution is 0.446. The molecule has 2 aromatic heterocycles. The molecule has 2 N–H and O–H groups in total. The second kappa shape index (κ2) is 9.41. The maximum absolute atomic E-state index is 12.8. The first-order valence-electron chi connectivity index (χ1n) is 9.95. The van der Waals surface area contributed by atoms with Gasteiger partial charge in [0.1, 0.15) is 5.82 Å². The molecular formula is C23H26ClFN4O. The van der Waals surface area contributed by atoms with E-state index in [1.54, 1.807) is 10.6 Å². The standard InChI is InChI=1S/C23H25FN4O.ClH/c1-16-12-23(29)28(20-7-3-2-6-18(16)20)15-22-26-19-13-17(14-25)8-9-21(19)27(22)11-5-4-10-24;/h2-3,6-9,12-13H,4-5,10-11,14-15,25H2,1H3;1H. The van der Waals surface area contributed by atoms with Crippen LogP contribution in [0.1, 0.15) is 29.8 Å². The lowest BCUT2D eigenvalue weighted by atomic mass is 10.1. The van der Waals surface area contributed by atoms with Crippen LogP contribution in [0.15, 0.2) is 53.3 Å². The highest BCUT2D eigenvalue weighted by atomic mass is 35.5. The van der Waals surface area contributed by atoms with Crippen LogP contribution in [-0.2, 0) is 19.6 Å². The third-order valence-electron chi connectivity index (χ3n) is 5.42. The third-order valence-corrected chi connectivity index (χ3v) is 5.42. The van der Waals surface area contributed by atoms with Crippen LogP contribution >= 0.6 is 12.4 Å². The van der Waals surface area contributed by atoms with Gasteiger partial charge in [-0.25, -0.2) is 4.98 Å². The van der Waals surface area contributed by atoms with E-state index < -0.39 is 0 Å². The summed E-state index contributed by atoms with van der Waals surface area (Å²) in [5.41, 5.74) is 10.4. The molecule has 0 radical (unpaired) electrons. The highest BCUT2D eigenvalue weighted by Crippen LogP contribution is 2.22. The SMILES string of the molecule is Cc1cc(=O)n(Cc2nc3cc(CN)ccc3n2CCCCF)c2ccccc12.Cl. The largest absolute Gasteiger partial charge is 0.326 e. The van der Waals surface area contributed by atoms with Gasteiger partial charge in [-0.05, 0) is 49.1 Å². The third kappa shape index (κ3) is 4.11. The van der Waals surface area contributed by atoms with Gasteiger partial charge in [-0.1, -0.05) is 24.3 Å². The number of rotatable bonds is 7. The fourth-order valence-electron chi connectivity index (χ4n) is 3.89. The summed E-state index contributed by atoms with van der Waals surface area (Å²) in [4.78, 5) is 17.6. The van der Waals surface area contributed by atoms with Crippen LogP contribution in [0, 0.1) is 6.92 Å². The Morgan fingerprint density at radius 1 is 1.03 bits per heavy atom. The van der Waals surface area contributed by atoms with Gasteiger partial charge in [0.15, 0.2) is 0 Å². The van der Waals surface area contributed by atoms with Gasteiger partial charge in [0.05, 0.1) is 29.8 Å². The number of para-hydroxylation sites is 1. The highest BCUT2D eigenvalue weighted by molar-refractivity contribution is 5.85. The van der Waals surface area contributed by atoms with E-state index in [0.29, 0.717) is 26.1 Å². The molecule has 2 aromatic carbocycles. The Morgan fingerprint density at radius 2 is 1.83 bits per heavy atom. The van der Waals surface area contributed by atoms with Crippen LogP contribution in [0.5, 0.6) is 0 Å². The van der Waals surface area contributed by atoms with Crippen LogP contribution in [0.3, 0.4) is 0 Å². The second-order valence-corrected chi connectivity index (χ2v) is 7.37. The summed E-state index contributed by atoms with van der Waals surface area (Å²) < 4.78 is 16.5. The topological polar surface area (TPSA) is 65.8 Å². The number of alkyl halides is 1. The minimum atomic E-state index is -0.332. The van der Waals surface area contributed by atoms with E-state index in [1.165, 1.54) is 0 Å². The summed E-state index contributed by atoms with van der Waals surface area (Å²) in [6.07, 6.45) is 1.23. The summed E-state index contributed by atoms with van der Waals surface area (Å²) in [7, 11) is 0. The fraction of sp³-hybridized carbons (Fsp3) is 0.304. The van der Waals surface area contributed by atoms with Crippen LogP contribution in [0.25, 0.3) is 21.9 Å². The Balaban J connectivity index is 0.00000256. The van der Waals surface area contributed by atoms with Gasteiger partial charge in [-0.2, -0.15) is 0 Å². The molecule has 0 bridgehead atoms. The van der Waals surface area contributed by atoms with Gasteiger partial charge in [-0.3, -0.25) is 9.18 Å². The van der Waals surface area contributed by atoms with Gasteiger partial charge in [0, 0.05) is 24.5 Å². The number of nitrogens with two attached hydrogens (primary N) is 1. The first-order valence-corrected chi connectivity index (χ1v) is 9.95. The van der Waals surface area contributed by atoms with Crippen molar-refractivity contribution in [2.45, 2.75) is 39.4 Å². The number of hydrogen-bond acceptors (Lipinski definition) is 3. The Kier molecular flexibility index (Phi) is 6.90. The predicted molar refractivity (Wildman–Crippen MR) is 122 cm³/mol. The zero-order valence-corrected chi connectivity index (χ0v) is 17.8. The first-order chi connectivity index (χ1) is 14.1. The molecule has 2 heterocycles. The maximum Gasteiger partial charge on any atom is 0.251 e. The normalized spacial score (nSPS) is 11.2. The molecule has 0 saturated carbocycles. The number of benzene rings is 2. The number of fused-ring (bicyclic) bond motifs is 2. The molecule has 0 spiro atoms. The van der Waals surface area contributed by atoms with Crippen molar-refractivity contribution >= 4 is 34.3 Å². The van der Waals surface area contributed by atoms with Crippen LogP contribution in [0.2, 0.25) is 0 Å². The van der Waals surface area contributed by atoms with Gasteiger partial charge in [0.2, 0.25) is 0 Å². The lowest BCUT2D eigenvalue weighted by Gasteiger charge is -2.13. The van der Waals surface area contributed by atoms with E-state index in [2.05, 4.69) is 4.57 Å². The number of unbranched alkanes of at least 4 members (excludes halogenated alkanes) is 1. The van der Waals surface area contributed by atoms with Crippen molar-refractivity contribution in [2.75, 3.05) is 6.67 Å². The summed E-state index contributed by atoms with van der Waals surface area (Å²) in [5.74, 6) is 0.795. The Labute approximate surface area is 180 Å². The molecule has 4 rings (SSSR count). The quantitative estimate of drug-likeness (QED) is 0.445. The molecule has 0 atom stereocenters. The molecule has 0 amide bonds. The van der Waals surface area contributed by atoms with Crippen molar-refractivity contribution in [3.05, 3.63) is 75.8 Å². The molecule has 7 heteroatoms. The maximum atomic E-state index is 12.8. The average Bonchev–Trinajstić information content (AvgIpc) is 3.07. The van der Waals surface area contributed by atoms with E-state index in [4.69, 9.17) is 10.7 Å². The van der Waals surface area contributed by atoms with E-state index in [9.17, 15) is 9.18 Å². The molecule has 158 valence electrons. The van der Waals surface area contributed by atoms with Gasteiger partial charge < -0.3 is 14.9 Å². The molecule has 0 aliphatic rings. The fourth-order valence-corrected chi connectivity index (χ4v) is 3.89. The Hall–Kier alpha value is -2.70. The number of aryl methyl sites for hydroxylation is 2. The van der Waals surface area contributed by atoms with Crippen LogP contribution in [0.4, 0.5) is 4.39 Å². The van der Waals surface area contributed by atoms with Gasteiger partial charge in [-0.15, -0.1) is 12.4 Å². The van der Waals surface area contributed by atoms with Crippen molar-refractivity contribution in [3.8, 4) is 0 Å². The first kappa shape index (κ1) is 22.0. The van der Waals surface area contributed by atoms with Crippen molar-refractivity contribution in [3.63, 3.8) is 0 Å². The van der Waals surface area contributed by atoms with Crippen LogP contribution < -0.4 is 11.3 Å². The minimum absolute atomic E-state index is 0. The van der Waals surface area contributed by atoms with Crippen molar-refractivity contribution in [1.29, 1.82) is 0 Å². The lowest BCUT2D eigenvalue weighted by Crippen LogP contribution is -2.23. The van der Waals surface area contributed by atoms with Crippen molar-refractivity contribution in [1.82, 2.24) is 14.1 Å². The molecule has 30 heavy (non-hydrogen) atoms. The minimum Gasteiger partial charge on any atom is -0.326 e. The van der Waals surface area contributed by atoms with Gasteiger partial charge in [0.25, 0.3) is 5.56 Å². The summed E-state index contributed by atoms with van der Waals surface area (Å²) >= 11 is 0. The number of pyridine rings is 1. The van der Waals surface area contributed by atoms with Crippen LogP contribution in [-0.4, -0.2) is 20.8 Å². The summed E-state index contributed by atoms with van der Waals surface area (Å²) in [5, 5.41) is 1.05. The number of halogens is 2. The van der Waals surface area contributed by atoms with Gasteiger partial charge >= 0.3 is 0 Å². The van der Waals surface area contributed by atoms with E-state index in [1.807, 2.05) is 49.4 Å². The smallest absolute Gasteiger partial charge is 0.251 e. The highest BCUT2D eigenvalue weighted by Gasteiger charge is 2.14.